The molecule has 3 nitrogen and oxygen atoms in total. The fourth-order valence-corrected chi connectivity index (χ4v) is 2.88. The molecule has 1 unspecified atom stereocenters. The Bertz CT molecular complexity index is 417. The van der Waals surface area contributed by atoms with Gasteiger partial charge < -0.3 is 15.6 Å². The number of methoxy groups -OCH3 is 1. The van der Waals surface area contributed by atoms with Crippen LogP contribution < -0.4 is 10.5 Å². The normalized spacial score (nSPS) is 24.0. The van der Waals surface area contributed by atoms with E-state index in [0.717, 1.165) is 48.1 Å². The van der Waals surface area contributed by atoms with Gasteiger partial charge in [0.1, 0.15) is 11.4 Å². The summed E-state index contributed by atoms with van der Waals surface area (Å²) in [4.78, 5) is 0. The zero-order chi connectivity index (χ0) is 12.5. The van der Waals surface area contributed by atoms with E-state index >= 15 is 0 Å². The van der Waals surface area contributed by atoms with E-state index in [1.165, 1.54) is 0 Å². The Morgan fingerprint density at radius 2 is 2.18 bits per heavy atom. The SMILES string of the molecule is COc1ccc(C)c2c1CCCCC2(O)CN. The van der Waals surface area contributed by atoms with E-state index in [4.69, 9.17) is 10.5 Å². The zero-order valence-electron chi connectivity index (χ0n) is 10.6. The summed E-state index contributed by atoms with van der Waals surface area (Å²) in [5, 5.41) is 10.7. The highest BCUT2D eigenvalue weighted by Gasteiger charge is 2.34. The Balaban J connectivity index is 2.64. The number of hydrogen-bond acceptors (Lipinski definition) is 3. The van der Waals surface area contributed by atoms with Gasteiger partial charge in [-0.2, -0.15) is 0 Å². The highest BCUT2D eigenvalue weighted by molar-refractivity contribution is 5.48. The van der Waals surface area contributed by atoms with Gasteiger partial charge >= 0.3 is 0 Å². The highest BCUT2D eigenvalue weighted by Crippen LogP contribution is 2.39. The maximum absolute atomic E-state index is 10.7. The number of aliphatic hydroxyl groups is 1. The molecule has 0 spiro atoms. The number of hydrogen-bond donors (Lipinski definition) is 2. The van der Waals surface area contributed by atoms with E-state index in [9.17, 15) is 5.11 Å². The molecule has 3 N–H and O–H groups in total. The van der Waals surface area contributed by atoms with Crippen LogP contribution in [0.4, 0.5) is 0 Å². The first kappa shape index (κ1) is 12.4. The number of benzene rings is 1. The van der Waals surface area contributed by atoms with Crippen LogP contribution in [0.3, 0.4) is 0 Å². The molecular formula is C14H21NO2. The Kier molecular flexibility index (Phi) is 3.40. The van der Waals surface area contributed by atoms with Gasteiger partial charge in [-0.1, -0.05) is 6.07 Å². The number of ether oxygens (including phenoxy) is 1. The predicted molar refractivity (Wildman–Crippen MR) is 68.2 cm³/mol. The van der Waals surface area contributed by atoms with Crippen molar-refractivity contribution in [1.82, 2.24) is 0 Å². The van der Waals surface area contributed by atoms with Crippen molar-refractivity contribution in [3.8, 4) is 5.75 Å². The summed E-state index contributed by atoms with van der Waals surface area (Å²) in [5.41, 5.74) is 8.15. The minimum atomic E-state index is -0.884. The number of fused-ring (bicyclic) bond motifs is 1. The number of rotatable bonds is 2. The largest absolute Gasteiger partial charge is 0.496 e. The zero-order valence-corrected chi connectivity index (χ0v) is 10.6. The molecule has 1 aliphatic carbocycles. The summed E-state index contributed by atoms with van der Waals surface area (Å²) in [5.74, 6) is 0.874. The first-order valence-corrected chi connectivity index (χ1v) is 6.22. The number of nitrogens with two attached hydrogens (primary N) is 1. The van der Waals surface area contributed by atoms with Crippen LogP contribution in [0.5, 0.6) is 5.75 Å². The molecule has 1 aromatic rings. The maximum Gasteiger partial charge on any atom is 0.122 e. The molecule has 0 aliphatic heterocycles. The average molecular weight is 235 g/mol. The van der Waals surface area contributed by atoms with Crippen LogP contribution in [-0.2, 0) is 12.0 Å². The topological polar surface area (TPSA) is 55.5 Å². The van der Waals surface area contributed by atoms with Gasteiger partial charge in [-0.3, -0.25) is 0 Å². The molecule has 0 bridgehead atoms. The minimum absolute atomic E-state index is 0.272. The molecule has 1 atom stereocenters. The highest BCUT2D eigenvalue weighted by atomic mass is 16.5. The standard InChI is InChI=1S/C14H21NO2/c1-10-6-7-12(17-2)11-5-3-4-8-14(16,9-15)13(10)11/h6-7,16H,3-5,8-9,15H2,1-2H3. The Hall–Kier alpha value is -1.06. The molecule has 0 amide bonds. The summed E-state index contributed by atoms with van der Waals surface area (Å²) in [6.07, 6.45) is 3.78. The summed E-state index contributed by atoms with van der Waals surface area (Å²) in [7, 11) is 1.68. The summed E-state index contributed by atoms with van der Waals surface area (Å²) in [6.45, 7) is 2.30. The third-order valence-corrected chi connectivity index (χ3v) is 3.77. The lowest BCUT2D eigenvalue weighted by Gasteiger charge is -2.29. The second-order valence-electron chi connectivity index (χ2n) is 4.88. The van der Waals surface area contributed by atoms with E-state index in [1.807, 2.05) is 19.1 Å². The molecule has 1 aromatic carbocycles. The Morgan fingerprint density at radius 1 is 1.41 bits per heavy atom. The van der Waals surface area contributed by atoms with Gasteiger partial charge in [0.15, 0.2) is 0 Å². The van der Waals surface area contributed by atoms with Crippen molar-refractivity contribution in [3.05, 3.63) is 28.8 Å². The molecular weight excluding hydrogens is 214 g/mol. The summed E-state index contributed by atoms with van der Waals surface area (Å²) >= 11 is 0. The molecule has 0 heterocycles. The van der Waals surface area contributed by atoms with E-state index in [-0.39, 0.29) is 6.54 Å². The van der Waals surface area contributed by atoms with E-state index in [1.54, 1.807) is 7.11 Å². The maximum atomic E-state index is 10.7. The van der Waals surface area contributed by atoms with Crippen molar-refractivity contribution in [3.63, 3.8) is 0 Å². The smallest absolute Gasteiger partial charge is 0.122 e. The van der Waals surface area contributed by atoms with Crippen LogP contribution in [0.15, 0.2) is 12.1 Å². The van der Waals surface area contributed by atoms with Crippen molar-refractivity contribution in [2.24, 2.45) is 5.73 Å². The van der Waals surface area contributed by atoms with Crippen molar-refractivity contribution in [2.75, 3.05) is 13.7 Å². The van der Waals surface area contributed by atoms with Crippen molar-refractivity contribution >= 4 is 0 Å². The summed E-state index contributed by atoms with van der Waals surface area (Å²) < 4.78 is 5.41. The molecule has 17 heavy (non-hydrogen) atoms. The lowest BCUT2D eigenvalue weighted by molar-refractivity contribution is 0.0354. The van der Waals surface area contributed by atoms with Crippen molar-refractivity contribution < 1.29 is 9.84 Å². The van der Waals surface area contributed by atoms with Crippen LogP contribution >= 0.6 is 0 Å². The first-order chi connectivity index (χ1) is 8.12. The van der Waals surface area contributed by atoms with Gasteiger partial charge in [-0.05, 0) is 49.8 Å². The molecule has 0 saturated carbocycles. The molecule has 3 heteroatoms. The van der Waals surface area contributed by atoms with Crippen LogP contribution in [-0.4, -0.2) is 18.8 Å². The molecule has 2 rings (SSSR count). The van der Waals surface area contributed by atoms with Crippen molar-refractivity contribution in [2.45, 2.75) is 38.2 Å². The van der Waals surface area contributed by atoms with Gasteiger partial charge in [-0.15, -0.1) is 0 Å². The fraction of sp³-hybridized carbons (Fsp3) is 0.571. The lowest BCUT2D eigenvalue weighted by Crippen LogP contribution is -2.35. The Morgan fingerprint density at radius 3 is 2.82 bits per heavy atom. The fourth-order valence-electron chi connectivity index (χ4n) is 2.88. The first-order valence-electron chi connectivity index (χ1n) is 6.22. The quantitative estimate of drug-likeness (QED) is 0.769. The van der Waals surface area contributed by atoms with E-state index in [2.05, 4.69) is 0 Å². The molecule has 0 aromatic heterocycles. The van der Waals surface area contributed by atoms with Crippen LogP contribution in [0, 0.1) is 6.92 Å². The second-order valence-corrected chi connectivity index (χ2v) is 4.88. The third kappa shape index (κ3) is 2.05. The Labute approximate surface area is 103 Å². The predicted octanol–water partition coefficient (Wildman–Crippen LogP) is 1.88. The number of aryl methyl sites for hydroxylation is 1. The molecule has 0 radical (unpaired) electrons. The van der Waals surface area contributed by atoms with Gasteiger partial charge in [0, 0.05) is 12.1 Å². The average Bonchev–Trinajstić information content (AvgIpc) is 2.51. The van der Waals surface area contributed by atoms with Gasteiger partial charge in [0.25, 0.3) is 0 Å². The van der Waals surface area contributed by atoms with E-state index < -0.39 is 5.60 Å². The molecule has 1 aliphatic rings. The second kappa shape index (κ2) is 4.67. The molecule has 94 valence electrons. The minimum Gasteiger partial charge on any atom is -0.496 e. The molecule has 0 fully saturated rings. The van der Waals surface area contributed by atoms with Crippen LogP contribution in [0.25, 0.3) is 0 Å². The monoisotopic (exact) mass is 235 g/mol. The van der Waals surface area contributed by atoms with Gasteiger partial charge in [0.2, 0.25) is 0 Å². The van der Waals surface area contributed by atoms with Crippen LogP contribution in [0.2, 0.25) is 0 Å². The van der Waals surface area contributed by atoms with Gasteiger partial charge in [-0.25, -0.2) is 0 Å². The summed E-state index contributed by atoms with van der Waals surface area (Å²) in [6, 6.07) is 3.99. The van der Waals surface area contributed by atoms with E-state index in [0.29, 0.717) is 0 Å². The van der Waals surface area contributed by atoms with Gasteiger partial charge in [0.05, 0.1) is 7.11 Å². The lowest BCUT2D eigenvalue weighted by atomic mass is 9.84. The third-order valence-electron chi connectivity index (χ3n) is 3.77. The van der Waals surface area contributed by atoms with Crippen molar-refractivity contribution in [1.29, 1.82) is 0 Å². The van der Waals surface area contributed by atoms with Crippen LogP contribution in [0.1, 0.15) is 36.0 Å². The molecule has 0 saturated heterocycles.